The lowest BCUT2D eigenvalue weighted by atomic mass is 9.73. The Labute approximate surface area is 231 Å². The highest BCUT2D eigenvalue weighted by molar-refractivity contribution is 5.73. The number of pyridine rings is 1. The third-order valence-electron chi connectivity index (χ3n) is 7.30. The van der Waals surface area contributed by atoms with Crippen LogP contribution < -0.4 is 20.1 Å². The summed E-state index contributed by atoms with van der Waals surface area (Å²) >= 11 is 0. The average Bonchev–Trinajstić information content (AvgIpc) is 2.80. The summed E-state index contributed by atoms with van der Waals surface area (Å²) in [5, 5.41) is 17.2. The Bertz CT molecular complexity index is 1210. The number of fused-ring (bicyclic) bond motifs is 1. The standard InChI is InChI=1S/C29H37F4N3O4/c1-17(37)36-22(11-18-6-7-21(30)25(12-18)39-29(31,32)33)24(38)16-34-23-14-28(8-5-9-28)40-26-20(23)10-19(15-35-26)13-27(2,3)4/h6-7,10,12,15,22-24,34,38H,5,8-9,11,13-14,16H2,1-4H3,(H,36,37)/t22-,23-,24+/m0/s1. The zero-order valence-corrected chi connectivity index (χ0v) is 23.2. The molecule has 1 aromatic heterocycles. The van der Waals surface area contributed by atoms with Crippen molar-refractivity contribution in [3.8, 4) is 11.6 Å². The van der Waals surface area contributed by atoms with E-state index < -0.39 is 36.0 Å². The minimum Gasteiger partial charge on any atom is -0.471 e. The Morgan fingerprint density at radius 3 is 2.55 bits per heavy atom. The molecule has 1 fully saturated rings. The van der Waals surface area contributed by atoms with Crippen LogP contribution in [0.1, 0.15) is 76.1 Å². The van der Waals surface area contributed by atoms with Crippen molar-refractivity contribution in [3.05, 3.63) is 53.0 Å². The van der Waals surface area contributed by atoms with Gasteiger partial charge >= 0.3 is 6.36 Å². The topological polar surface area (TPSA) is 92.7 Å². The number of carbonyl (C=O) groups excluding carboxylic acids is 1. The van der Waals surface area contributed by atoms with E-state index in [-0.39, 0.29) is 35.6 Å². The first-order chi connectivity index (χ1) is 18.6. The van der Waals surface area contributed by atoms with Gasteiger partial charge in [0.1, 0.15) is 5.60 Å². The van der Waals surface area contributed by atoms with Crippen molar-refractivity contribution in [2.75, 3.05) is 6.54 Å². The van der Waals surface area contributed by atoms with Crippen molar-refractivity contribution in [1.82, 2.24) is 15.6 Å². The van der Waals surface area contributed by atoms with Gasteiger partial charge in [-0.15, -0.1) is 13.2 Å². The van der Waals surface area contributed by atoms with Crippen LogP contribution in [0.4, 0.5) is 17.6 Å². The molecule has 0 unspecified atom stereocenters. The third kappa shape index (κ3) is 7.84. The summed E-state index contributed by atoms with van der Waals surface area (Å²) in [5.74, 6) is -1.97. The number of aliphatic hydroxyl groups is 1. The summed E-state index contributed by atoms with van der Waals surface area (Å²) in [4.78, 5) is 16.5. The van der Waals surface area contributed by atoms with Gasteiger partial charge in [0.05, 0.1) is 12.1 Å². The molecule has 40 heavy (non-hydrogen) atoms. The quantitative estimate of drug-likeness (QED) is 0.363. The van der Waals surface area contributed by atoms with Gasteiger partial charge in [-0.1, -0.05) is 26.8 Å². The Morgan fingerprint density at radius 2 is 1.95 bits per heavy atom. The molecule has 1 amide bonds. The normalized spacial score (nSPS) is 19.7. The number of hydrogen-bond donors (Lipinski definition) is 3. The Hall–Kier alpha value is -2.92. The number of benzene rings is 1. The summed E-state index contributed by atoms with van der Waals surface area (Å²) in [5.41, 5.74) is 2.02. The third-order valence-corrected chi connectivity index (χ3v) is 7.30. The van der Waals surface area contributed by atoms with Gasteiger partial charge in [0.15, 0.2) is 11.6 Å². The molecule has 4 rings (SSSR count). The van der Waals surface area contributed by atoms with Crippen LogP contribution in [0.25, 0.3) is 0 Å². The van der Waals surface area contributed by atoms with Gasteiger partial charge in [-0.25, -0.2) is 9.37 Å². The Kier molecular flexibility index (Phi) is 8.65. The van der Waals surface area contributed by atoms with Gasteiger partial charge in [-0.05, 0) is 66.8 Å². The molecule has 3 atom stereocenters. The van der Waals surface area contributed by atoms with E-state index in [1.165, 1.54) is 13.0 Å². The van der Waals surface area contributed by atoms with E-state index in [1.807, 2.05) is 6.20 Å². The van der Waals surface area contributed by atoms with Crippen LogP contribution in [0.5, 0.6) is 11.6 Å². The lowest BCUT2D eigenvalue weighted by Crippen LogP contribution is -2.52. The molecule has 1 saturated carbocycles. The fourth-order valence-corrected chi connectivity index (χ4v) is 5.43. The SMILES string of the molecule is CC(=O)N[C@@H](Cc1ccc(F)c(OC(F)(F)F)c1)[C@H](O)CN[C@H]1CC2(CCC2)Oc2ncc(CC(C)(C)C)cc21. The predicted molar refractivity (Wildman–Crippen MR) is 140 cm³/mol. The number of hydrogen-bond acceptors (Lipinski definition) is 6. The summed E-state index contributed by atoms with van der Waals surface area (Å²) < 4.78 is 62.0. The first-order valence-electron chi connectivity index (χ1n) is 13.5. The van der Waals surface area contributed by atoms with Crippen molar-refractivity contribution >= 4 is 5.91 Å². The second-order valence-corrected chi connectivity index (χ2v) is 12.2. The van der Waals surface area contributed by atoms with Crippen molar-refractivity contribution in [1.29, 1.82) is 0 Å². The molecule has 7 nitrogen and oxygen atoms in total. The number of amides is 1. The molecule has 0 radical (unpaired) electrons. The van der Waals surface area contributed by atoms with E-state index in [4.69, 9.17) is 4.74 Å². The molecule has 1 aromatic carbocycles. The molecule has 1 aliphatic heterocycles. The molecule has 3 N–H and O–H groups in total. The molecule has 0 bridgehead atoms. The zero-order valence-electron chi connectivity index (χ0n) is 23.2. The monoisotopic (exact) mass is 567 g/mol. The number of aliphatic hydroxyl groups excluding tert-OH is 1. The maximum Gasteiger partial charge on any atom is 0.573 e. The van der Waals surface area contributed by atoms with Gasteiger partial charge in [0.25, 0.3) is 0 Å². The molecule has 2 aromatic rings. The molecule has 2 aliphatic rings. The van der Waals surface area contributed by atoms with E-state index in [0.717, 1.165) is 48.9 Å². The molecule has 1 aliphatic carbocycles. The maximum absolute atomic E-state index is 13.9. The fourth-order valence-electron chi connectivity index (χ4n) is 5.43. The van der Waals surface area contributed by atoms with Crippen molar-refractivity contribution in [2.45, 2.75) is 96.4 Å². The zero-order chi connectivity index (χ0) is 29.3. The number of carbonyl (C=O) groups is 1. The van der Waals surface area contributed by atoms with Crippen molar-refractivity contribution < 1.29 is 36.9 Å². The maximum atomic E-state index is 13.9. The number of halogens is 4. The number of aromatic nitrogens is 1. The predicted octanol–water partition coefficient (Wildman–Crippen LogP) is 5.15. The minimum absolute atomic E-state index is 0.0392. The van der Waals surface area contributed by atoms with Crippen LogP contribution in [-0.4, -0.2) is 46.7 Å². The molecule has 220 valence electrons. The lowest BCUT2D eigenvalue weighted by molar-refractivity contribution is -0.275. The van der Waals surface area contributed by atoms with Crippen LogP contribution in [0, 0.1) is 11.2 Å². The van der Waals surface area contributed by atoms with Crippen LogP contribution >= 0.6 is 0 Å². The van der Waals surface area contributed by atoms with Crippen LogP contribution in [0.2, 0.25) is 0 Å². The summed E-state index contributed by atoms with van der Waals surface area (Å²) in [7, 11) is 0. The molecule has 1 spiro atoms. The van der Waals surface area contributed by atoms with E-state index in [0.29, 0.717) is 12.3 Å². The highest BCUT2D eigenvalue weighted by Gasteiger charge is 2.46. The highest BCUT2D eigenvalue weighted by atomic mass is 19.4. The molecule has 11 heteroatoms. The van der Waals surface area contributed by atoms with Gasteiger partial charge in [-0.2, -0.15) is 0 Å². The summed E-state index contributed by atoms with van der Waals surface area (Å²) in [6.07, 6.45) is 0.0802. The van der Waals surface area contributed by atoms with Gasteiger partial charge in [-0.3, -0.25) is 4.79 Å². The smallest absolute Gasteiger partial charge is 0.471 e. The molecular weight excluding hydrogens is 530 g/mol. The second-order valence-electron chi connectivity index (χ2n) is 12.2. The van der Waals surface area contributed by atoms with E-state index in [1.54, 1.807) is 0 Å². The van der Waals surface area contributed by atoms with Gasteiger partial charge in [0.2, 0.25) is 11.8 Å². The van der Waals surface area contributed by atoms with Crippen LogP contribution in [0.3, 0.4) is 0 Å². The average molecular weight is 568 g/mol. The fraction of sp³-hybridized carbons (Fsp3) is 0.586. The van der Waals surface area contributed by atoms with E-state index in [2.05, 4.69) is 47.2 Å². The minimum atomic E-state index is -5.06. The first-order valence-corrected chi connectivity index (χ1v) is 13.5. The first kappa shape index (κ1) is 30.0. The molecular formula is C29H37F4N3O4. The van der Waals surface area contributed by atoms with Gasteiger partial charge in [0, 0.05) is 37.7 Å². The van der Waals surface area contributed by atoms with Crippen LogP contribution in [0.15, 0.2) is 30.5 Å². The largest absolute Gasteiger partial charge is 0.573 e. The molecule has 0 saturated heterocycles. The van der Waals surface area contributed by atoms with E-state index in [9.17, 15) is 27.5 Å². The number of ether oxygens (including phenoxy) is 2. The van der Waals surface area contributed by atoms with Crippen molar-refractivity contribution in [3.63, 3.8) is 0 Å². The lowest BCUT2D eigenvalue weighted by Gasteiger charge is -2.47. The summed E-state index contributed by atoms with van der Waals surface area (Å²) in [6, 6.07) is 4.18. The van der Waals surface area contributed by atoms with Crippen molar-refractivity contribution in [2.24, 2.45) is 5.41 Å². The number of rotatable bonds is 9. The van der Waals surface area contributed by atoms with Crippen LogP contribution in [-0.2, 0) is 17.6 Å². The van der Waals surface area contributed by atoms with E-state index >= 15 is 0 Å². The Morgan fingerprint density at radius 1 is 1.23 bits per heavy atom. The Balaban J connectivity index is 1.50. The second kappa shape index (κ2) is 11.5. The molecule has 2 heterocycles. The van der Waals surface area contributed by atoms with Gasteiger partial charge < -0.3 is 25.2 Å². The number of alkyl halides is 3. The highest BCUT2D eigenvalue weighted by Crippen LogP contribution is 2.48. The number of nitrogens with zero attached hydrogens (tertiary/aromatic N) is 1. The summed E-state index contributed by atoms with van der Waals surface area (Å²) in [6.45, 7) is 7.83. The number of nitrogens with one attached hydrogen (secondary N) is 2.